The maximum absolute atomic E-state index is 12.7. The van der Waals surface area contributed by atoms with E-state index in [2.05, 4.69) is 37.3 Å². The monoisotopic (exact) mass is 450 g/mol. The molecule has 0 atom stereocenters. The Hall–Kier alpha value is -3.67. The number of hydrogen-bond acceptors (Lipinski definition) is 6. The molecule has 0 unspecified atom stereocenters. The molecule has 0 spiro atoms. The van der Waals surface area contributed by atoms with Crippen LogP contribution in [-0.4, -0.2) is 21.5 Å². The Morgan fingerprint density at radius 1 is 1.12 bits per heavy atom. The smallest absolute Gasteiger partial charge is 0.366 e. The van der Waals surface area contributed by atoms with E-state index < -0.39 is 11.9 Å². The highest BCUT2D eigenvalue weighted by Crippen LogP contribution is 2.41. The summed E-state index contributed by atoms with van der Waals surface area (Å²) in [7, 11) is 0. The van der Waals surface area contributed by atoms with Gasteiger partial charge in [-0.25, -0.2) is 9.97 Å². The number of halogens is 3. The molecule has 168 valence electrons. The number of alkyl halides is 3. The molecule has 5 rings (SSSR count). The van der Waals surface area contributed by atoms with Crippen LogP contribution in [0.15, 0.2) is 42.9 Å². The zero-order valence-electron chi connectivity index (χ0n) is 17.7. The van der Waals surface area contributed by atoms with Crippen LogP contribution in [0.3, 0.4) is 0 Å². The van der Waals surface area contributed by atoms with Crippen LogP contribution in [-0.2, 0) is 25.7 Å². The van der Waals surface area contributed by atoms with E-state index >= 15 is 0 Å². The Labute approximate surface area is 189 Å². The summed E-state index contributed by atoms with van der Waals surface area (Å²) < 4.78 is 38.2. The van der Waals surface area contributed by atoms with Crippen molar-refractivity contribution in [2.24, 2.45) is 0 Å². The van der Waals surface area contributed by atoms with Gasteiger partial charge in [-0.3, -0.25) is 4.98 Å². The molecule has 1 aliphatic carbocycles. The van der Waals surface area contributed by atoms with E-state index in [0.717, 1.165) is 29.6 Å². The van der Waals surface area contributed by atoms with E-state index in [9.17, 15) is 18.4 Å². The third kappa shape index (κ3) is 4.46. The molecule has 0 saturated heterocycles. The van der Waals surface area contributed by atoms with Crippen LogP contribution >= 0.6 is 0 Å². The summed E-state index contributed by atoms with van der Waals surface area (Å²) in [4.78, 5) is 14.4. The predicted octanol–water partition coefficient (Wildman–Crippen LogP) is 4.81. The van der Waals surface area contributed by atoms with Gasteiger partial charge in [-0.2, -0.15) is 18.4 Å². The van der Waals surface area contributed by atoms with Crippen LogP contribution in [0.2, 0.25) is 0 Å². The molecule has 33 heavy (non-hydrogen) atoms. The zero-order chi connectivity index (χ0) is 23.0. The minimum Gasteiger partial charge on any atom is -0.366 e. The molecular weight excluding hydrogens is 429 g/mol. The first-order chi connectivity index (χ1) is 15.9. The molecule has 9 heteroatoms. The van der Waals surface area contributed by atoms with Gasteiger partial charge >= 0.3 is 6.18 Å². The average molecular weight is 450 g/mol. The highest BCUT2D eigenvalue weighted by atomic mass is 19.4. The molecule has 1 saturated carbocycles. The lowest BCUT2D eigenvalue weighted by molar-refractivity contribution is -0.141. The van der Waals surface area contributed by atoms with E-state index in [0.29, 0.717) is 35.8 Å². The molecule has 0 bridgehead atoms. The van der Waals surface area contributed by atoms with Crippen molar-refractivity contribution in [2.75, 3.05) is 16.8 Å². The van der Waals surface area contributed by atoms with Gasteiger partial charge in [-0.05, 0) is 48.1 Å². The molecule has 2 aliphatic rings. The molecule has 2 aromatic heterocycles. The van der Waals surface area contributed by atoms with Crippen molar-refractivity contribution in [3.05, 3.63) is 76.5 Å². The maximum Gasteiger partial charge on any atom is 0.433 e. The third-order valence-electron chi connectivity index (χ3n) is 6.11. The van der Waals surface area contributed by atoms with Crippen molar-refractivity contribution < 1.29 is 13.2 Å². The SMILES string of the molecule is N#Cc1cc(C2CC2)ccc1N1CCc2ncnc(NCc3ccc(C(F)(F)F)nc3)c2C1. The second kappa shape index (κ2) is 8.35. The Kier molecular flexibility index (Phi) is 5.36. The summed E-state index contributed by atoms with van der Waals surface area (Å²) in [5.41, 5.74) is 4.36. The van der Waals surface area contributed by atoms with Crippen LogP contribution < -0.4 is 10.2 Å². The van der Waals surface area contributed by atoms with Crippen LogP contribution in [0.25, 0.3) is 0 Å². The van der Waals surface area contributed by atoms with Crippen LogP contribution in [0.4, 0.5) is 24.7 Å². The highest BCUT2D eigenvalue weighted by molar-refractivity contribution is 5.63. The fourth-order valence-electron chi connectivity index (χ4n) is 4.17. The van der Waals surface area contributed by atoms with Crippen molar-refractivity contribution in [1.82, 2.24) is 15.0 Å². The van der Waals surface area contributed by atoms with Gasteiger partial charge in [0.05, 0.1) is 16.9 Å². The molecular formula is C24H21F3N6. The summed E-state index contributed by atoms with van der Waals surface area (Å²) >= 11 is 0. The van der Waals surface area contributed by atoms with E-state index in [-0.39, 0.29) is 6.54 Å². The quantitative estimate of drug-likeness (QED) is 0.601. The zero-order valence-corrected chi connectivity index (χ0v) is 17.7. The second-order valence-electron chi connectivity index (χ2n) is 8.38. The first-order valence-corrected chi connectivity index (χ1v) is 10.8. The lowest BCUT2D eigenvalue weighted by Gasteiger charge is -2.31. The number of nitriles is 1. The number of benzene rings is 1. The summed E-state index contributed by atoms with van der Waals surface area (Å²) in [6, 6.07) is 10.9. The van der Waals surface area contributed by atoms with E-state index in [1.165, 1.54) is 37.0 Å². The average Bonchev–Trinajstić information content (AvgIpc) is 3.67. The van der Waals surface area contributed by atoms with Gasteiger partial charge in [0.2, 0.25) is 0 Å². The lowest BCUT2D eigenvalue weighted by atomic mass is 10.0. The molecule has 1 aromatic carbocycles. The second-order valence-corrected chi connectivity index (χ2v) is 8.38. The molecule has 3 heterocycles. The fourth-order valence-corrected chi connectivity index (χ4v) is 4.17. The van der Waals surface area contributed by atoms with Gasteiger partial charge in [0, 0.05) is 37.8 Å². The molecule has 1 fully saturated rings. The third-order valence-corrected chi connectivity index (χ3v) is 6.11. The van der Waals surface area contributed by atoms with Gasteiger partial charge < -0.3 is 10.2 Å². The number of hydrogen-bond donors (Lipinski definition) is 1. The summed E-state index contributed by atoms with van der Waals surface area (Å²) in [5.74, 6) is 1.22. The number of anilines is 2. The van der Waals surface area contributed by atoms with E-state index in [1.54, 1.807) is 0 Å². The predicted molar refractivity (Wildman–Crippen MR) is 116 cm³/mol. The maximum atomic E-state index is 12.7. The molecule has 6 nitrogen and oxygen atoms in total. The number of fused-ring (bicyclic) bond motifs is 1. The topological polar surface area (TPSA) is 77.7 Å². The number of nitrogens with one attached hydrogen (secondary N) is 1. The van der Waals surface area contributed by atoms with Crippen LogP contribution in [0.1, 0.15) is 52.4 Å². The Morgan fingerprint density at radius 3 is 2.67 bits per heavy atom. The Morgan fingerprint density at radius 2 is 1.97 bits per heavy atom. The normalized spacial score (nSPS) is 15.6. The van der Waals surface area contributed by atoms with Crippen LogP contribution in [0.5, 0.6) is 0 Å². The molecule has 0 amide bonds. The molecule has 1 aliphatic heterocycles. The van der Waals surface area contributed by atoms with E-state index in [4.69, 9.17) is 0 Å². The number of rotatable bonds is 5. The Bertz CT molecular complexity index is 1210. The molecule has 3 aromatic rings. The van der Waals surface area contributed by atoms with Crippen molar-refractivity contribution in [1.29, 1.82) is 5.26 Å². The van der Waals surface area contributed by atoms with Crippen molar-refractivity contribution >= 4 is 11.5 Å². The van der Waals surface area contributed by atoms with Gasteiger partial charge in [-0.1, -0.05) is 12.1 Å². The van der Waals surface area contributed by atoms with Gasteiger partial charge in [-0.15, -0.1) is 0 Å². The van der Waals surface area contributed by atoms with E-state index in [1.807, 2.05) is 12.1 Å². The first-order valence-electron chi connectivity index (χ1n) is 10.8. The van der Waals surface area contributed by atoms with Gasteiger partial charge in [0.1, 0.15) is 23.9 Å². The standard InChI is InChI=1S/C24H21F3N6/c25-24(26,27)22-6-1-15(11-29-22)12-30-23-19-13-33(8-7-20(19)31-14-32-23)21-5-4-17(16-2-3-16)9-18(21)10-28/h1,4-6,9,11,14,16H,2-3,7-8,12-13H2,(H,30,31,32). The minimum absolute atomic E-state index is 0.286. The minimum atomic E-state index is -4.46. The highest BCUT2D eigenvalue weighted by Gasteiger charge is 2.32. The van der Waals surface area contributed by atoms with Gasteiger partial charge in [0.25, 0.3) is 0 Å². The summed E-state index contributed by atoms with van der Waals surface area (Å²) in [6.45, 7) is 1.57. The first kappa shape index (κ1) is 21.2. The lowest BCUT2D eigenvalue weighted by Crippen LogP contribution is -2.32. The van der Waals surface area contributed by atoms with Crippen molar-refractivity contribution in [3.8, 4) is 6.07 Å². The number of nitrogens with zero attached hydrogens (tertiary/aromatic N) is 5. The number of pyridine rings is 1. The van der Waals surface area contributed by atoms with Gasteiger partial charge in [0.15, 0.2) is 0 Å². The Balaban J connectivity index is 1.34. The summed E-state index contributed by atoms with van der Waals surface area (Å²) in [5, 5.41) is 12.9. The largest absolute Gasteiger partial charge is 0.433 e. The van der Waals surface area contributed by atoms with Crippen molar-refractivity contribution in [2.45, 2.75) is 44.4 Å². The van der Waals surface area contributed by atoms with Crippen LogP contribution in [0, 0.1) is 11.3 Å². The number of aromatic nitrogens is 3. The molecule has 1 N–H and O–H groups in total. The summed E-state index contributed by atoms with van der Waals surface area (Å²) in [6.07, 6.45) is 1.33. The van der Waals surface area contributed by atoms with Crippen molar-refractivity contribution in [3.63, 3.8) is 0 Å². The fraction of sp³-hybridized carbons (Fsp3) is 0.333. The molecule has 0 radical (unpaired) electrons.